The molecule has 2 aliphatic carbocycles. The molecule has 0 aromatic carbocycles. The highest BCUT2D eigenvalue weighted by Gasteiger charge is 2.28. The van der Waals surface area contributed by atoms with Crippen LogP contribution in [0.15, 0.2) is 24.4 Å². The summed E-state index contributed by atoms with van der Waals surface area (Å²) in [4.78, 5) is 65.9. The molecule has 39 heavy (non-hydrogen) atoms. The number of carboxylic acid groups (broad SMARTS) is 1. The van der Waals surface area contributed by atoms with E-state index in [4.69, 9.17) is 0 Å². The van der Waals surface area contributed by atoms with Gasteiger partial charge >= 0.3 is 5.97 Å². The first-order chi connectivity index (χ1) is 18.8. The molecule has 2 fully saturated rings. The van der Waals surface area contributed by atoms with Crippen LogP contribution in [0.3, 0.4) is 0 Å². The molecule has 0 radical (unpaired) electrons. The van der Waals surface area contributed by atoms with Crippen LogP contribution in [0.4, 0.5) is 0 Å². The second-order valence-corrected chi connectivity index (χ2v) is 10.7. The second kappa shape index (κ2) is 15.8. The second-order valence-electron chi connectivity index (χ2n) is 10.7. The minimum atomic E-state index is -1.09. The summed E-state index contributed by atoms with van der Waals surface area (Å²) in [6.07, 6.45) is 12.8. The summed E-state index contributed by atoms with van der Waals surface area (Å²) in [5.74, 6) is -2.67. The SMILES string of the molecule is O=C(CNC(=O)[C@H](CC1CCCCC1)NC(=O)c1ccccn1)NCC(=O)N[C@@H](CC1CCCCC1)C(=O)O. The van der Waals surface area contributed by atoms with E-state index in [0.29, 0.717) is 18.8 Å². The summed E-state index contributed by atoms with van der Waals surface area (Å²) in [7, 11) is 0. The molecule has 2 saturated carbocycles. The maximum Gasteiger partial charge on any atom is 0.326 e. The average Bonchev–Trinajstić information content (AvgIpc) is 2.95. The largest absolute Gasteiger partial charge is 0.480 e. The van der Waals surface area contributed by atoms with Crippen molar-refractivity contribution < 1.29 is 29.1 Å². The molecule has 1 heterocycles. The smallest absolute Gasteiger partial charge is 0.326 e. The van der Waals surface area contributed by atoms with Crippen molar-refractivity contribution in [1.29, 1.82) is 0 Å². The van der Waals surface area contributed by atoms with Gasteiger partial charge in [0.15, 0.2) is 0 Å². The van der Waals surface area contributed by atoms with Crippen LogP contribution in [-0.4, -0.2) is 64.9 Å². The Kier molecular flexibility index (Phi) is 12.2. The topological polar surface area (TPSA) is 167 Å². The fourth-order valence-electron chi connectivity index (χ4n) is 5.47. The van der Waals surface area contributed by atoms with Gasteiger partial charge in [-0.3, -0.25) is 24.2 Å². The lowest BCUT2D eigenvalue weighted by atomic mass is 9.84. The summed E-state index contributed by atoms with van der Waals surface area (Å²) >= 11 is 0. The number of aliphatic carboxylic acids is 1. The van der Waals surface area contributed by atoms with Crippen LogP contribution in [0.25, 0.3) is 0 Å². The Balaban J connectivity index is 1.46. The molecule has 2 atom stereocenters. The highest BCUT2D eigenvalue weighted by atomic mass is 16.4. The van der Waals surface area contributed by atoms with Gasteiger partial charge in [0, 0.05) is 6.20 Å². The van der Waals surface area contributed by atoms with E-state index in [-0.39, 0.29) is 18.2 Å². The fraction of sp³-hybridized carbons (Fsp3) is 0.643. The fourth-order valence-corrected chi connectivity index (χ4v) is 5.47. The zero-order valence-electron chi connectivity index (χ0n) is 22.5. The van der Waals surface area contributed by atoms with E-state index < -0.39 is 48.2 Å². The molecule has 0 unspecified atom stereocenters. The zero-order chi connectivity index (χ0) is 28.0. The lowest BCUT2D eigenvalue weighted by Gasteiger charge is -2.26. The maximum absolute atomic E-state index is 13.0. The molecule has 3 rings (SSSR count). The number of rotatable bonds is 13. The van der Waals surface area contributed by atoms with Gasteiger partial charge in [-0.15, -0.1) is 0 Å². The van der Waals surface area contributed by atoms with Crippen molar-refractivity contribution in [3.63, 3.8) is 0 Å². The number of nitrogens with zero attached hydrogens (tertiary/aromatic N) is 1. The van der Waals surface area contributed by atoms with Crippen LogP contribution in [0.5, 0.6) is 0 Å². The van der Waals surface area contributed by atoms with E-state index in [1.165, 1.54) is 6.20 Å². The Labute approximate surface area is 229 Å². The lowest BCUT2D eigenvalue weighted by molar-refractivity contribution is -0.142. The number of hydrogen-bond donors (Lipinski definition) is 5. The molecule has 2 aliphatic rings. The maximum atomic E-state index is 13.0. The molecule has 11 heteroatoms. The van der Waals surface area contributed by atoms with E-state index in [9.17, 15) is 29.1 Å². The van der Waals surface area contributed by atoms with Gasteiger partial charge in [0.1, 0.15) is 17.8 Å². The molecule has 5 N–H and O–H groups in total. The molecule has 11 nitrogen and oxygen atoms in total. The van der Waals surface area contributed by atoms with Crippen molar-refractivity contribution in [1.82, 2.24) is 26.3 Å². The first-order valence-electron chi connectivity index (χ1n) is 14.1. The quantitative estimate of drug-likeness (QED) is 0.253. The predicted molar refractivity (Wildman–Crippen MR) is 143 cm³/mol. The number of carboxylic acids is 1. The number of pyridine rings is 1. The Morgan fingerprint density at radius 2 is 1.36 bits per heavy atom. The summed E-state index contributed by atoms with van der Waals surface area (Å²) < 4.78 is 0. The molecule has 1 aromatic rings. The van der Waals surface area contributed by atoms with E-state index in [2.05, 4.69) is 26.3 Å². The number of aromatic nitrogens is 1. The third kappa shape index (κ3) is 10.6. The molecule has 4 amide bonds. The molecular formula is C28H41N5O6. The molecule has 0 bridgehead atoms. The molecule has 1 aromatic heterocycles. The molecule has 0 spiro atoms. The normalized spacial score (nSPS) is 17.8. The predicted octanol–water partition coefficient (Wildman–Crippen LogP) is 1.92. The lowest BCUT2D eigenvalue weighted by Crippen LogP contribution is -2.51. The highest BCUT2D eigenvalue weighted by molar-refractivity contribution is 5.97. The van der Waals surface area contributed by atoms with Gasteiger partial charge in [-0.1, -0.05) is 70.3 Å². The van der Waals surface area contributed by atoms with Crippen LogP contribution < -0.4 is 21.3 Å². The number of carbonyl (C=O) groups excluding carboxylic acids is 4. The van der Waals surface area contributed by atoms with Gasteiger partial charge in [0.05, 0.1) is 13.1 Å². The minimum absolute atomic E-state index is 0.200. The Bertz CT molecular complexity index is 976. The highest BCUT2D eigenvalue weighted by Crippen LogP contribution is 2.28. The van der Waals surface area contributed by atoms with Crippen molar-refractivity contribution in [2.45, 2.75) is 89.1 Å². The third-order valence-corrected chi connectivity index (χ3v) is 7.61. The van der Waals surface area contributed by atoms with E-state index >= 15 is 0 Å². The molecule has 214 valence electrons. The first-order valence-corrected chi connectivity index (χ1v) is 14.1. The molecular weight excluding hydrogens is 502 g/mol. The first kappa shape index (κ1) is 30.0. The Morgan fingerprint density at radius 3 is 1.92 bits per heavy atom. The standard InChI is InChI=1S/C28H41N5O6/c34-24(30-18-25(35)32-23(28(38)39)16-20-11-5-2-6-12-20)17-31-26(36)22(15-19-9-3-1-4-10-19)33-27(37)21-13-7-8-14-29-21/h7-8,13-14,19-20,22-23H,1-6,9-12,15-18H2,(H,30,34)(H,31,36)(H,32,35)(H,33,37)(H,38,39)/t22-,23-/m0/s1. The van der Waals surface area contributed by atoms with Crippen molar-refractivity contribution in [3.05, 3.63) is 30.1 Å². The number of carbonyl (C=O) groups is 5. The van der Waals surface area contributed by atoms with E-state index in [0.717, 1.165) is 64.2 Å². The monoisotopic (exact) mass is 543 g/mol. The third-order valence-electron chi connectivity index (χ3n) is 7.61. The van der Waals surface area contributed by atoms with E-state index in [1.54, 1.807) is 18.2 Å². The van der Waals surface area contributed by atoms with Crippen LogP contribution in [0, 0.1) is 11.8 Å². The van der Waals surface area contributed by atoms with Crippen molar-refractivity contribution in [2.75, 3.05) is 13.1 Å². The summed E-state index contributed by atoms with van der Waals surface area (Å²) in [6.45, 7) is -0.776. The Hall–Kier alpha value is -3.50. The van der Waals surface area contributed by atoms with Crippen LogP contribution in [0.1, 0.15) is 87.5 Å². The molecule has 0 aliphatic heterocycles. The van der Waals surface area contributed by atoms with Crippen molar-refractivity contribution in [2.24, 2.45) is 11.8 Å². The van der Waals surface area contributed by atoms with Gasteiger partial charge in [-0.05, 0) is 36.8 Å². The minimum Gasteiger partial charge on any atom is -0.480 e. The van der Waals surface area contributed by atoms with Gasteiger partial charge < -0.3 is 26.4 Å². The van der Waals surface area contributed by atoms with Gasteiger partial charge in [-0.2, -0.15) is 0 Å². The Morgan fingerprint density at radius 1 is 0.769 bits per heavy atom. The number of hydrogen-bond acceptors (Lipinski definition) is 6. The number of amides is 4. The average molecular weight is 544 g/mol. The zero-order valence-corrected chi connectivity index (χ0v) is 22.5. The van der Waals surface area contributed by atoms with E-state index in [1.807, 2.05) is 0 Å². The van der Waals surface area contributed by atoms with Crippen LogP contribution in [0.2, 0.25) is 0 Å². The summed E-state index contributed by atoms with van der Waals surface area (Å²) in [6, 6.07) is 3.12. The van der Waals surface area contributed by atoms with Gasteiger partial charge in [0.25, 0.3) is 5.91 Å². The summed E-state index contributed by atoms with van der Waals surface area (Å²) in [5.41, 5.74) is 0.200. The number of nitrogens with one attached hydrogen (secondary N) is 4. The van der Waals surface area contributed by atoms with Crippen LogP contribution in [-0.2, 0) is 19.2 Å². The summed E-state index contributed by atoms with van der Waals surface area (Å²) in [5, 5.41) is 19.7. The molecule has 0 saturated heterocycles. The van der Waals surface area contributed by atoms with Crippen LogP contribution >= 0.6 is 0 Å². The van der Waals surface area contributed by atoms with Gasteiger partial charge in [0.2, 0.25) is 17.7 Å². The van der Waals surface area contributed by atoms with Crippen molar-refractivity contribution in [3.8, 4) is 0 Å². The van der Waals surface area contributed by atoms with Crippen molar-refractivity contribution >= 4 is 29.6 Å². The van der Waals surface area contributed by atoms with Gasteiger partial charge in [-0.25, -0.2) is 4.79 Å².